The number of sulfone groups is 1. The summed E-state index contributed by atoms with van der Waals surface area (Å²) < 4.78 is 23.9. The highest BCUT2D eigenvalue weighted by Crippen LogP contribution is 2.28. The molecule has 0 aliphatic carbocycles. The Labute approximate surface area is 183 Å². The van der Waals surface area contributed by atoms with Gasteiger partial charge in [-0.15, -0.1) is 0 Å². The molecule has 0 atom stereocenters. The van der Waals surface area contributed by atoms with Crippen LogP contribution < -0.4 is 16.2 Å². The number of nitrogens with zero attached hydrogens (tertiary/aromatic N) is 2. The maximum Gasteiger partial charge on any atom is 0.259 e. The van der Waals surface area contributed by atoms with Crippen LogP contribution in [0.25, 0.3) is 22.0 Å². The van der Waals surface area contributed by atoms with Crippen LogP contribution in [0.5, 0.6) is 0 Å². The monoisotopic (exact) mass is 449 g/mol. The lowest BCUT2D eigenvalue weighted by molar-refractivity contribution is 0.0963. The van der Waals surface area contributed by atoms with Crippen LogP contribution in [-0.2, 0) is 9.84 Å². The third-order valence-electron chi connectivity index (χ3n) is 4.83. The van der Waals surface area contributed by atoms with Gasteiger partial charge in [0.15, 0.2) is 9.84 Å². The fourth-order valence-corrected chi connectivity index (χ4v) is 3.79. The molecule has 0 spiro atoms. The molecule has 4 aromatic rings. The molecule has 0 saturated carbocycles. The molecule has 0 aliphatic heterocycles. The van der Waals surface area contributed by atoms with E-state index < -0.39 is 9.84 Å². The second kappa shape index (κ2) is 8.23. The maximum absolute atomic E-state index is 12.5. The van der Waals surface area contributed by atoms with Gasteiger partial charge in [0.05, 0.1) is 16.0 Å². The molecule has 0 bridgehead atoms. The van der Waals surface area contributed by atoms with Crippen molar-refractivity contribution < 1.29 is 13.2 Å². The zero-order valence-corrected chi connectivity index (χ0v) is 18.0. The van der Waals surface area contributed by atoms with E-state index >= 15 is 0 Å². The van der Waals surface area contributed by atoms with Crippen molar-refractivity contribution in [3.63, 3.8) is 0 Å². The predicted octanol–water partition coefficient (Wildman–Crippen LogP) is 2.49. The highest BCUT2D eigenvalue weighted by Gasteiger charge is 2.14. The van der Waals surface area contributed by atoms with Gasteiger partial charge in [0.2, 0.25) is 0 Å². The third kappa shape index (κ3) is 4.21. The average Bonchev–Trinajstić information content (AvgIpc) is 2.78. The van der Waals surface area contributed by atoms with Crippen molar-refractivity contribution >= 4 is 38.0 Å². The zero-order valence-electron chi connectivity index (χ0n) is 17.2. The Morgan fingerprint density at radius 2 is 1.81 bits per heavy atom. The number of carbonyl (C=O) groups excluding carboxylic acids is 1. The number of hydrogen-bond acceptors (Lipinski definition) is 7. The highest BCUT2D eigenvalue weighted by molar-refractivity contribution is 7.90. The summed E-state index contributed by atoms with van der Waals surface area (Å²) in [5.41, 5.74) is 1.73. The minimum atomic E-state index is -3.45. The van der Waals surface area contributed by atoms with Gasteiger partial charge >= 0.3 is 0 Å². The fraction of sp³-hybridized carbons (Fsp3) is 0.0909. The highest BCUT2D eigenvalue weighted by atomic mass is 32.2. The number of fused-ring (bicyclic) bond motifs is 1. The van der Waals surface area contributed by atoms with Crippen molar-refractivity contribution in [1.82, 2.24) is 20.3 Å². The van der Waals surface area contributed by atoms with Gasteiger partial charge in [0, 0.05) is 48.7 Å². The second-order valence-electron chi connectivity index (χ2n) is 7.09. The normalized spacial score (nSPS) is 11.3. The van der Waals surface area contributed by atoms with Gasteiger partial charge in [0.25, 0.3) is 11.5 Å². The first kappa shape index (κ1) is 21.2. The van der Waals surface area contributed by atoms with Gasteiger partial charge in [-0.05, 0) is 47.9 Å². The summed E-state index contributed by atoms with van der Waals surface area (Å²) in [6.45, 7) is 0. The van der Waals surface area contributed by atoms with E-state index in [9.17, 15) is 18.0 Å². The summed E-state index contributed by atoms with van der Waals surface area (Å²) in [5, 5.41) is 6.65. The van der Waals surface area contributed by atoms with Crippen molar-refractivity contribution in [1.29, 1.82) is 0 Å². The molecule has 10 heteroatoms. The van der Waals surface area contributed by atoms with Crippen LogP contribution in [0.15, 0.2) is 70.7 Å². The number of anilines is 2. The maximum atomic E-state index is 12.5. The first-order chi connectivity index (χ1) is 15.3. The molecule has 3 heterocycles. The Bertz CT molecular complexity index is 1500. The number of pyridine rings is 3. The van der Waals surface area contributed by atoms with Crippen LogP contribution in [0.2, 0.25) is 0 Å². The van der Waals surface area contributed by atoms with Crippen molar-refractivity contribution in [2.45, 2.75) is 4.90 Å². The number of aromatic nitrogens is 3. The molecule has 32 heavy (non-hydrogen) atoms. The molecule has 3 aromatic heterocycles. The Balaban J connectivity index is 1.83. The SMILES string of the molecule is CNC(=O)c1ccc(Nc2nc(-c3cncc(S(C)(=O)=O)c3)cc3cc[nH]c(=O)c23)cc1. The van der Waals surface area contributed by atoms with Gasteiger partial charge in [-0.1, -0.05) is 0 Å². The second-order valence-corrected chi connectivity index (χ2v) is 9.11. The molecule has 0 radical (unpaired) electrons. The van der Waals surface area contributed by atoms with E-state index in [1.54, 1.807) is 43.4 Å². The largest absolute Gasteiger partial charge is 0.355 e. The van der Waals surface area contributed by atoms with E-state index in [1.807, 2.05) is 0 Å². The van der Waals surface area contributed by atoms with Crippen molar-refractivity contribution in [2.75, 3.05) is 18.6 Å². The molecule has 0 unspecified atom stereocenters. The Hall–Kier alpha value is -4.05. The molecule has 0 fully saturated rings. The molecular weight excluding hydrogens is 430 g/mol. The zero-order chi connectivity index (χ0) is 22.9. The average molecular weight is 449 g/mol. The van der Waals surface area contributed by atoms with Crippen LogP contribution in [0.4, 0.5) is 11.5 Å². The topological polar surface area (TPSA) is 134 Å². The molecule has 0 saturated heterocycles. The lowest BCUT2D eigenvalue weighted by atomic mass is 10.1. The van der Waals surface area contributed by atoms with Gasteiger partial charge in [-0.2, -0.15) is 0 Å². The van der Waals surface area contributed by atoms with Gasteiger partial charge in [0.1, 0.15) is 5.82 Å². The smallest absolute Gasteiger partial charge is 0.259 e. The van der Waals surface area contributed by atoms with E-state index in [-0.39, 0.29) is 22.2 Å². The van der Waals surface area contributed by atoms with Crippen molar-refractivity contribution in [2.24, 2.45) is 0 Å². The lowest BCUT2D eigenvalue weighted by Gasteiger charge is -2.12. The molecule has 1 aromatic carbocycles. The molecule has 9 nitrogen and oxygen atoms in total. The summed E-state index contributed by atoms with van der Waals surface area (Å²) in [6.07, 6.45) is 5.42. The molecule has 3 N–H and O–H groups in total. The summed E-state index contributed by atoms with van der Waals surface area (Å²) in [6, 6.07) is 11.6. The quantitative estimate of drug-likeness (QED) is 0.426. The molecule has 162 valence electrons. The third-order valence-corrected chi connectivity index (χ3v) is 5.91. The number of carbonyl (C=O) groups is 1. The summed E-state index contributed by atoms with van der Waals surface area (Å²) >= 11 is 0. The number of nitrogens with one attached hydrogen (secondary N) is 3. The molecule has 1 amide bonds. The van der Waals surface area contributed by atoms with E-state index in [1.165, 1.54) is 24.7 Å². The molecular formula is C22H19N5O4S. The van der Waals surface area contributed by atoms with Crippen LogP contribution in [0.1, 0.15) is 10.4 Å². The summed E-state index contributed by atoms with van der Waals surface area (Å²) in [4.78, 5) is 35.6. The van der Waals surface area contributed by atoms with Crippen LogP contribution in [0, 0.1) is 0 Å². The standard InChI is InChI=1S/C22H19N5O4S/c1-23-21(28)13-3-5-16(6-4-13)26-20-19-14(7-8-25-22(19)29)10-18(27-20)15-9-17(12-24-11-15)32(2,30)31/h3-12H,1-2H3,(H,23,28)(H,25,29)(H,26,27). The lowest BCUT2D eigenvalue weighted by Crippen LogP contribution is -2.17. The number of hydrogen-bond donors (Lipinski definition) is 3. The van der Waals surface area contributed by atoms with E-state index in [4.69, 9.17) is 0 Å². The van der Waals surface area contributed by atoms with E-state index in [0.29, 0.717) is 33.3 Å². The number of H-pyrrole nitrogens is 1. The number of amides is 1. The molecule has 4 rings (SSSR count). The van der Waals surface area contributed by atoms with Gasteiger partial charge in [-0.25, -0.2) is 13.4 Å². The minimum absolute atomic E-state index is 0.0714. The fourth-order valence-electron chi connectivity index (χ4n) is 3.20. The number of rotatable bonds is 5. The first-order valence-corrected chi connectivity index (χ1v) is 11.4. The summed E-state index contributed by atoms with van der Waals surface area (Å²) in [7, 11) is -1.90. The first-order valence-electron chi connectivity index (χ1n) is 9.53. The van der Waals surface area contributed by atoms with E-state index in [0.717, 1.165) is 6.26 Å². The molecule has 0 aliphatic rings. The van der Waals surface area contributed by atoms with Gasteiger partial charge in [-0.3, -0.25) is 14.6 Å². The van der Waals surface area contributed by atoms with Crippen molar-refractivity contribution in [3.05, 3.63) is 77.0 Å². The Morgan fingerprint density at radius 3 is 2.50 bits per heavy atom. The van der Waals surface area contributed by atoms with E-state index in [2.05, 4.69) is 25.6 Å². The van der Waals surface area contributed by atoms with Crippen molar-refractivity contribution in [3.8, 4) is 11.3 Å². The van der Waals surface area contributed by atoms with Crippen LogP contribution in [0.3, 0.4) is 0 Å². The van der Waals surface area contributed by atoms with Gasteiger partial charge < -0.3 is 15.6 Å². The minimum Gasteiger partial charge on any atom is -0.355 e. The number of aromatic amines is 1. The predicted molar refractivity (Wildman–Crippen MR) is 122 cm³/mol. The van der Waals surface area contributed by atoms with Crippen LogP contribution >= 0.6 is 0 Å². The number of benzene rings is 1. The summed E-state index contributed by atoms with van der Waals surface area (Å²) in [5.74, 6) is 0.0774. The van der Waals surface area contributed by atoms with Crippen LogP contribution in [-0.4, -0.2) is 42.6 Å². The Kier molecular flexibility index (Phi) is 5.45. The Morgan fingerprint density at radius 1 is 1.06 bits per heavy atom.